The molecule has 0 radical (unpaired) electrons. The largest absolute Gasteiger partial charge is 0.480 e. The minimum absolute atomic E-state index is 0.512. The molecule has 5 nitrogen and oxygen atoms in total. The first-order valence-corrected chi connectivity index (χ1v) is 4.55. The van der Waals surface area contributed by atoms with E-state index in [1.54, 1.807) is 0 Å². The summed E-state index contributed by atoms with van der Waals surface area (Å²) in [7, 11) is -3.27. The number of carbonyl (C=O) groups is 1. The number of hydrogen-bond acceptors (Lipinski definition) is 4. The fraction of sp³-hybridized carbons (Fsp3) is 0.750. The summed E-state index contributed by atoms with van der Waals surface area (Å²) in [6.07, 6.45) is 0.940. The lowest BCUT2D eigenvalue weighted by atomic mass is 10.4. The highest BCUT2D eigenvalue weighted by atomic mass is 32.2. The van der Waals surface area contributed by atoms with Crippen molar-refractivity contribution in [3.8, 4) is 0 Å². The highest BCUT2D eigenvalue weighted by Gasteiger charge is 2.16. The Morgan fingerprint density at radius 2 is 2.10 bits per heavy atom. The van der Waals surface area contributed by atoms with Crippen LogP contribution in [0.15, 0.2) is 0 Å². The Morgan fingerprint density at radius 1 is 1.70 bits per heavy atom. The third kappa shape index (κ3) is 4.28. The molecule has 0 bridgehead atoms. The number of carboxylic acid groups (broad SMARTS) is 1. The zero-order valence-corrected chi connectivity index (χ0v) is 6.26. The second-order valence-electron chi connectivity index (χ2n) is 2.04. The van der Waals surface area contributed by atoms with E-state index in [0.717, 1.165) is 6.26 Å². The minimum atomic E-state index is -3.27. The maximum atomic E-state index is 10.4. The lowest BCUT2D eigenvalue weighted by Crippen LogP contribution is -2.36. The maximum absolute atomic E-state index is 10.4. The first-order valence-electron chi connectivity index (χ1n) is 2.49. The lowest BCUT2D eigenvalue weighted by molar-refractivity contribution is -0.137. The van der Waals surface area contributed by atoms with Gasteiger partial charge in [0.1, 0.15) is 15.9 Å². The molecule has 1 unspecified atom stereocenters. The fourth-order valence-corrected chi connectivity index (χ4v) is 1.19. The number of rotatable bonds is 3. The van der Waals surface area contributed by atoms with Crippen molar-refractivity contribution in [1.29, 1.82) is 0 Å². The average molecular weight is 167 g/mol. The molecule has 0 amide bonds. The zero-order valence-electron chi connectivity index (χ0n) is 5.44. The predicted molar refractivity (Wildman–Crippen MR) is 35.3 cm³/mol. The van der Waals surface area contributed by atoms with Crippen LogP contribution in [0.3, 0.4) is 0 Å². The third-order valence-electron chi connectivity index (χ3n) is 0.800. The molecule has 60 valence electrons. The number of aliphatic carboxylic acids is 1. The molecule has 0 aromatic rings. The van der Waals surface area contributed by atoms with Crippen LogP contribution in [0.1, 0.15) is 0 Å². The smallest absolute Gasteiger partial charge is 0.321 e. The van der Waals surface area contributed by atoms with Gasteiger partial charge in [0.15, 0.2) is 0 Å². The molecule has 6 heteroatoms. The molecule has 0 aliphatic carbocycles. The minimum Gasteiger partial charge on any atom is -0.480 e. The molecule has 0 rings (SSSR count). The molecule has 0 fully saturated rings. The van der Waals surface area contributed by atoms with Gasteiger partial charge >= 0.3 is 5.97 Å². The summed E-state index contributed by atoms with van der Waals surface area (Å²) in [6, 6.07) is -1.31. The topological polar surface area (TPSA) is 97.5 Å². The van der Waals surface area contributed by atoms with Crippen molar-refractivity contribution < 1.29 is 18.3 Å². The van der Waals surface area contributed by atoms with E-state index < -0.39 is 27.6 Å². The molecule has 0 saturated heterocycles. The van der Waals surface area contributed by atoms with Crippen molar-refractivity contribution >= 4 is 15.8 Å². The first kappa shape index (κ1) is 9.38. The summed E-state index contributed by atoms with van der Waals surface area (Å²) >= 11 is 0. The van der Waals surface area contributed by atoms with Gasteiger partial charge in [-0.25, -0.2) is 8.42 Å². The molecule has 0 aliphatic rings. The first-order chi connectivity index (χ1) is 4.33. The highest BCUT2D eigenvalue weighted by Crippen LogP contribution is 1.87. The van der Waals surface area contributed by atoms with Crippen LogP contribution in [0.2, 0.25) is 0 Å². The zero-order chi connectivity index (χ0) is 8.36. The quantitative estimate of drug-likeness (QED) is 0.530. The van der Waals surface area contributed by atoms with Crippen molar-refractivity contribution in [3.05, 3.63) is 0 Å². The van der Waals surface area contributed by atoms with Gasteiger partial charge in [-0.05, 0) is 0 Å². The van der Waals surface area contributed by atoms with Crippen LogP contribution in [-0.2, 0) is 14.6 Å². The summed E-state index contributed by atoms with van der Waals surface area (Å²) in [5.74, 6) is -1.81. The van der Waals surface area contributed by atoms with Crippen LogP contribution >= 0.6 is 0 Å². The van der Waals surface area contributed by atoms with Crippen molar-refractivity contribution in [2.45, 2.75) is 6.04 Å². The molecule has 0 spiro atoms. The Hall–Kier alpha value is -0.620. The van der Waals surface area contributed by atoms with E-state index in [4.69, 9.17) is 10.8 Å². The third-order valence-corrected chi connectivity index (χ3v) is 1.76. The van der Waals surface area contributed by atoms with Gasteiger partial charge in [0, 0.05) is 6.26 Å². The Balaban J connectivity index is 4.06. The van der Waals surface area contributed by atoms with Crippen LogP contribution in [0.5, 0.6) is 0 Å². The predicted octanol–water partition coefficient (Wildman–Crippen LogP) is -1.56. The molecule has 0 heterocycles. The number of sulfone groups is 1. The second kappa shape index (κ2) is 2.98. The Kier molecular flexibility index (Phi) is 2.79. The Bertz CT molecular complexity index is 219. The van der Waals surface area contributed by atoms with Gasteiger partial charge < -0.3 is 10.8 Å². The van der Waals surface area contributed by atoms with Crippen LogP contribution in [-0.4, -0.2) is 37.5 Å². The standard InChI is InChI=1S/C4H9NO4S/c1-10(8,9)2-3(5)4(6)7/h3H,2,5H2,1H3,(H,6,7). The normalized spacial score (nSPS) is 14.6. The molecule has 0 aromatic heterocycles. The molecule has 0 saturated carbocycles. The summed E-state index contributed by atoms with van der Waals surface area (Å²) in [6.45, 7) is 0. The average Bonchev–Trinajstić information content (AvgIpc) is 1.60. The van der Waals surface area contributed by atoms with Gasteiger partial charge in [0.2, 0.25) is 0 Å². The van der Waals surface area contributed by atoms with E-state index in [2.05, 4.69) is 0 Å². The van der Waals surface area contributed by atoms with Gasteiger partial charge in [0.05, 0.1) is 5.75 Å². The van der Waals surface area contributed by atoms with Crippen LogP contribution in [0, 0.1) is 0 Å². The Labute approximate surface area is 58.8 Å². The maximum Gasteiger partial charge on any atom is 0.321 e. The van der Waals surface area contributed by atoms with E-state index in [0.29, 0.717) is 0 Å². The number of hydrogen-bond donors (Lipinski definition) is 2. The van der Waals surface area contributed by atoms with E-state index >= 15 is 0 Å². The van der Waals surface area contributed by atoms with Gasteiger partial charge in [0.25, 0.3) is 0 Å². The summed E-state index contributed by atoms with van der Waals surface area (Å²) in [4.78, 5) is 9.99. The van der Waals surface area contributed by atoms with Crippen molar-refractivity contribution in [1.82, 2.24) is 0 Å². The molecular weight excluding hydrogens is 158 g/mol. The molecular formula is C4H9NO4S. The number of carboxylic acids is 1. The van der Waals surface area contributed by atoms with Gasteiger partial charge in [-0.1, -0.05) is 0 Å². The monoisotopic (exact) mass is 167 g/mol. The van der Waals surface area contributed by atoms with E-state index in [-0.39, 0.29) is 0 Å². The Morgan fingerprint density at radius 3 is 2.20 bits per heavy atom. The molecule has 3 N–H and O–H groups in total. The second-order valence-corrected chi connectivity index (χ2v) is 4.22. The van der Waals surface area contributed by atoms with Crippen molar-refractivity contribution in [2.75, 3.05) is 12.0 Å². The lowest BCUT2D eigenvalue weighted by Gasteiger charge is -2.02. The van der Waals surface area contributed by atoms with Gasteiger partial charge in [-0.2, -0.15) is 0 Å². The van der Waals surface area contributed by atoms with Crippen molar-refractivity contribution in [2.24, 2.45) is 5.73 Å². The van der Waals surface area contributed by atoms with E-state index in [1.807, 2.05) is 0 Å². The SMILES string of the molecule is CS(=O)(=O)CC(N)C(=O)O. The summed E-state index contributed by atoms with van der Waals surface area (Å²) < 4.78 is 20.8. The van der Waals surface area contributed by atoms with Crippen LogP contribution in [0.4, 0.5) is 0 Å². The molecule has 0 aromatic carbocycles. The van der Waals surface area contributed by atoms with Gasteiger partial charge in [-0.15, -0.1) is 0 Å². The van der Waals surface area contributed by atoms with E-state index in [1.165, 1.54) is 0 Å². The summed E-state index contributed by atoms with van der Waals surface area (Å²) in [5, 5.41) is 8.16. The number of nitrogens with two attached hydrogens (primary N) is 1. The van der Waals surface area contributed by atoms with Crippen LogP contribution in [0.25, 0.3) is 0 Å². The highest BCUT2D eigenvalue weighted by molar-refractivity contribution is 7.90. The van der Waals surface area contributed by atoms with Crippen LogP contribution < -0.4 is 5.73 Å². The van der Waals surface area contributed by atoms with Gasteiger partial charge in [-0.3, -0.25) is 4.79 Å². The molecule has 1 atom stereocenters. The summed E-state index contributed by atoms with van der Waals surface area (Å²) in [5.41, 5.74) is 4.92. The van der Waals surface area contributed by atoms with Crippen molar-refractivity contribution in [3.63, 3.8) is 0 Å². The molecule has 0 aliphatic heterocycles. The van der Waals surface area contributed by atoms with E-state index in [9.17, 15) is 13.2 Å². The fourth-order valence-electron chi connectivity index (χ4n) is 0.397. The molecule has 10 heavy (non-hydrogen) atoms.